The van der Waals surface area contributed by atoms with Crippen LogP contribution < -0.4 is 0 Å². The van der Waals surface area contributed by atoms with Crippen LogP contribution in [0.2, 0.25) is 0 Å². The van der Waals surface area contributed by atoms with Crippen molar-refractivity contribution in [1.29, 1.82) is 0 Å². The molecule has 0 aromatic rings. The van der Waals surface area contributed by atoms with Crippen LogP contribution >= 0.6 is 0 Å². The van der Waals surface area contributed by atoms with Gasteiger partial charge in [0.2, 0.25) is 0 Å². The van der Waals surface area contributed by atoms with E-state index in [9.17, 15) is 5.11 Å². The number of hydrogen-bond acceptors (Lipinski definition) is 2. The third-order valence-corrected chi connectivity index (χ3v) is 1.57. The normalized spacial score (nSPS) is 14.7. The zero-order valence-electron chi connectivity index (χ0n) is 7.93. The third-order valence-electron chi connectivity index (χ3n) is 1.57. The van der Waals surface area contributed by atoms with Crippen LogP contribution in [-0.4, -0.2) is 22.4 Å². The Morgan fingerprint density at radius 3 is 2.50 bits per heavy atom. The third kappa shape index (κ3) is 6.21. The standard InChI is InChI=1S/C10H18O2/c1-3-4-5-6-7-8-10(2,12)9-11/h11-12H,3-6,9H2,1-2H3. The van der Waals surface area contributed by atoms with E-state index >= 15 is 0 Å². The molecule has 2 N–H and O–H groups in total. The Bertz CT molecular complexity index is 162. The van der Waals surface area contributed by atoms with Gasteiger partial charge in [0.15, 0.2) is 0 Å². The van der Waals surface area contributed by atoms with Crippen molar-refractivity contribution in [2.75, 3.05) is 6.61 Å². The summed E-state index contributed by atoms with van der Waals surface area (Å²) in [7, 11) is 0. The number of aliphatic hydroxyl groups is 2. The molecule has 0 aliphatic heterocycles. The maximum absolute atomic E-state index is 9.26. The van der Waals surface area contributed by atoms with E-state index in [0.717, 1.165) is 12.8 Å². The smallest absolute Gasteiger partial charge is 0.145 e. The van der Waals surface area contributed by atoms with Gasteiger partial charge in [0, 0.05) is 6.42 Å². The fourth-order valence-corrected chi connectivity index (χ4v) is 0.756. The van der Waals surface area contributed by atoms with Crippen LogP contribution in [0.4, 0.5) is 0 Å². The summed E-state index contributed by atoms with van der Waals surface area (Å²) in [5.41, 5.74) is -1.22. The Morgan fingerprint density at radius 2 is 2.00 bits per heavy atom. The Morgan fingerprint density at radius 1 is 1.33 bits per heavy atom. The van der Waals surface area contributed by atoms with E-state index in [-0.39, 0.29) is 6.61 Å². The average molecular weight is 170 g/mol. The van der Waals surface area contributed by atoms with E-state index in [1.165, 1.54) is 19.8 Å². The van der Waals surface area contributed by atoms with Gasteiger partial charge in [-0.3, -0.25) is 0 Å². The van der Waals surface area contributed by atoms with Crippen molar-refractivity contribution in [3.63, 3.8) is 0 Å². The van der Waals surface area contributed by atoms with E-state index in [1.54, 1.807) is 0 Å². The summed E-state index contributed by atoms with van der Waals surface area (Å²) in [5.74, 6) is 5.47. The van der Waals surface area contributed by atoms with Gasteiger partial charge in [-0.05, 0) is 13.3 Å². The van der Waals surface area contributed by atoms with Gasteiger partial charge in [-0.25, -0.2) is 0 Å². The molecule has 0 radical (unpaired) electrons. The number of rotatable bonds is 4. The van der Waals surface area contributed by atoms with E-state index in [4.69, 9.17) is 5.11 Å². The highest BCUT2D eigenvalue weighted by atomic mass is 16.3. The SMILES string of the molecule is CCCCCC#CC(C)(O)CO. The van der Waals surface area contributed by atoms with Gasteiger partial charge in [-0.1, -0.05) is 25.7 Å². The Kier molecular flexibility index (Phi) is 5.79. The highest BCUT2D eigenvalue weighted by Gasteiger charge is 2.13. The summed E-state index contributed by atoms with van der Waals surface area (Å²) < 4.78 is 0. The maximum Gasteiger partial charge on any atom is 0.145 e. The second-order valence-electron chi connectivity index (χ2n) is 3.19. The predicted octanol–water partition coefficient (Wildman–Crippen LogP) is 1.31. The zero-order valence-corrected chi connectivity index (χ0v) is 7.93. The van der Waals surface area contributed by atoms with E-state index < -0.39 is 5.60 Å². The molecule has 70 valence electrons. The topological polar surface area (TPSA) is 40.5 Å². The molecule has 2 nitrogen and oxygen atoms in total. The van der Waals surface area contributed by atoms with Gasteiger partial charge in [0.1, 0.15) is 5.60 Å². The minimum absolute atomic E-state index is 0.298. The molecule has 0 bridgehead atoms. The highest BCUT2D eigenvalue weighted by molar-refractivity contribution is 5.11. The first-order valence-electron chi connectivity index (χ1n) is 4.45. The summed E-state index contributed by atoms with van der Waals surface area (Å²) in [6.07, 6.45) is 4.24. The molecule has 0 aromatic carbocycles. The van der Waals surface area contributed by atoms with Crippen LogP contribution in [0.3, 0.4) is 0 Å². The van der Waals surface area contributed by atoms with Crippen LogP contribution in [-0.2, 0) is 0 Å². The van der Waals surface area contributed by atoms with Gasteiger partial charge in [0.05, 0.1) is 6.61 Å². The molecule has 0 amide bonds. The van der Waals surface area contributed by atoms with Gasteiger partial charge in [-0.15, -0.1) is 5.92 Å². The molecule has 0 aromatic heterocycles. The lowest BCUT2D eigenvalue weighted by atomic mass is 10.1. The largest absolute Gasteiger partial charge is 0.392 e. The molecule has 0 aliphatic carbocycles. The van der Waals surface area contributed by atoms with Crippen molar-refractivity contribution < 1.29 is 10.2 Å². The number of hydrogen-bond donors (Lipinski definition) is 2. The van der Waals surface area contributed by atoms with Gasteiger partial charge < -0.3 is 10.2 Å². The number of aliphatic hydroxyl groups excluding tert-OH is 1. The first-order valence-corrected chi connectivity index (χ1v) is 4.45. The molecule has 0 rings (SSSR count). The van der Waals surface area contributed by atoms with E-state index in [2.05, 4.69) is 18.8 Å². The second-order valence-corrected chi connectivity index (χ2v) is 3.19. The van der Waals surface area contributed by atoms with Crippen LogP contribution in [0.5, 0.6) is 0 Å². The molecule has 1 unspecified atom stereocenters. The van der Waals surface area contributed by atoms with Crippen LogP contribution in [0, 0.1) is 11.8 Å². The summed E-state index contributed by atoms with van der Waals surface area (Å²) in [4.78, 5) is 0. The zero-order chi connectivity index (χ0) is 9.45. The molecular weight excluding hydrogens is 152 g/mol. The lowest BCUT2D eigenvalue weighted by Crippen LogP contribution is -2.26. The molecule has 0 aliphatic rings. The molecule has 0 spiro atoms. The minimum Gasteiger partial charge on any atom is -0.392 e. The Hall–Kier alpha value is -0.520. The molecule has 0 saturated carbocycles. The quantitative estimate of drug-likeness (QED) is 0.493. The first-order chi connectivity index (χ1) is 5.62. The Balaban J connectivity index is 3.58. The van der Waals surface area contributed by atoms with Crippen molar-refractivity contribution in [1.82, 2.24) is 0 Å². The van der Waals surface area contributed by atoms with E-state index in [0.29, 0.717) is 0 Å². The fourth-order valence-electron chi connectivity index (χ4n) is 0.756. The monoisotopic (exact) mass is 170 g/mol. The van der Waals surface area contributed by atoms with Gasteiger partial charge in [0.25, 0.3) is 0 Å². The highest BCUT2D eigenvalue weighted by Crippen LogP contribution is 2.00. The van der Waals surface area contributed by atoms with Crippen molar-refractivity contribution in [3.05, 3.63) is 0 Å². The van der Waals surface area contributed by atoms with E-state index in [1.807, 2.05) is 0 Å². The second kappa shape index (κ2) is 6.05. The lowest BCUT2D eigenvalue weighted by Gasteiger charge is -2.10. The average Bonchev–Trinajstić information content (AvgIpc) is 2.04. The summed E-state index contributed by atoms with van der Waals surface area (Å²) in [5, 5.41) is 17.9. The fraction of sp³-hybridized carbons (Fsp3) is 0.800. The van der Waals surface area contributed by atoms with Crippen molar-refractivity contribution in [3.8, 4) is 11.8 Å². The van der Waals surface area contributed by atoms with Crippen LogP contribution in [0.1, 0.15) is 39.5 Å². The van der Waals surface area contributed by atoms with Crippen molar-refractivity contribution >= 4 is 0 Å². The molecular formula is C10H18O2. The molecule has 2 heteroatoms. The summed E-state index contributed by atoms with van der Waals surface area (Å²) in [6.45, 7) is 3.35. The van der Waals surface area contributed by atoms with Crippen LogP contribution in [0.25, 0.3) is 0 Å². The van der Waals surface area contributed by atoms with Gasteiger partial charge in [-0.2, -0.15) is 0 Å². The molecule has 0 fully saturated rings. The molecule has 12 heavy (non-hydrogen) atoms. The summed E-state index contributed by atoms with van der Waals surface area (Å²) >= 11 is 0. The molecule has 1 atom stereocenters. The van der Waals surface area contributed by atoms with Crippen molar-refractivity contribution in [2.24, 2.45) is 0 Å². The molecule has 0 heterocycles. The van der Waals surface area contributed by atoms with Crippen molar-refractivity contribution in [2.45, 2.75) is 45.1 Å². The number of unbranched alkanes of at least 4 members (excludes halogenated alkanes) is 3. The van der Waals surface area contributed by atoms with Gasteiger partial charge >= 0.3 is 0 Å². The van der Waals surface area contributed by atoms with Crippen LogP contribution in [0.15, 0.2) is 0 Å². The minimum atomic E-state index is -1.22. The lowest BCUT2D eigenvalue weighted by molar-refractivity contribution is 0.0518. The summed E-state index contributed by atoms with van der Waals surface area (Å²) in [6, 6.07) is 0. The maximum atomic E-state index is 9.26. The Labute approximate surface area is 74.6 Å². The first kappa shape index (κ1) is 11.5. The predicted molar refractivity (Wildman–Crippen MR) is 49.6 cm³/mol. The molecule has 0 saturated heterocycles.